The number of carbonyl (C=O) groups excluding carboxylic acids is 1. The number of nitrogens with two attached hydrogens (primary N) is 1. The number of rotatable bonds is 3. The maximum Gasteiger partial charge on any atom is 0.358 e. The van der Waals surface area contributed by atoms with Crippen molar-refractivity contribution in [3.8, 4) is 10.4 Å². The molecule has 0 amide bonds. The highest BCUT2D eigenvalue weighted by molar-refractivity contribution is 7.19. The summed E-state index contributed by atoms with van der Waals surface area (Å²) < 4.78 is 4.72. The molecule has 100 valence electrons. The van der Waals surface area contributed by atoms with Gasteiger partial charge in [0, 0.05) is 19.8 Å². The molecule has 0 aliphatic carbocycles. The van der Waals surface area contributed by atoms with E-state index in [0.717, 1.165) is 16.1 Å². The van der Waals surface area contributed by atoms with Crippen molar-refractivity contribution in [3.05, 3.63) is 30.0 Å². The van der Waals surface area contributed by atoms with E-state index in [0.29, 0.717) is 5.13 Å². The lowest BCUT2D eigenvalue weighted by Gasteiger charge is -2.12. The summed E-state index contributed by atoms with van der Waals surface area (Å²) in [6, 6.07) is 7.84. The van der Waals surface area contributed by atoms with Crippen molar-refractivity contribution in [3.63, 3.8) is 0 Å². The van der Waals surface area contributed by atoms with Gasteiger partial charge in [0.15, 0.2) is 10.8 Å². The molecule has 0 fully saturated rings. The van der Waals surface area contributed by atoms with Crippen LogP contribution in [0.5, 0.6) is 0 Å². The summed E-state index contributed by atoms with van der Waals surface area (Å²) in [7, 11) is 5.27. The standard InChI is InChI=1S/C13H15N3O2S/c1-16(2)9-6-4-8(5-7-9)11-10(12(17)18-3)15-13(14)19-11/h4-7H,1-3H3,(H2,14,15). The van der Waals surface area contributed by atoms with E-state index in [1.165, 1.54) is 18.4 Å². The van der Waals surface area contributed by atoms with Gasteiger partial charge in [0.05, 0.1) is 12.0 Å². The Kier molecular flexibility index (Phi) is 3.71. The number of ether oxygens (including phenoxy) is 1. The summed E-state index contributed by atoms with van der Waals surface area (Å²) in [5.74, 6) is -0.473. The monoisotopic (exact) mass is 277 g/mol. The molecule has 19 heavy (non-hydrogen) atoms. The molecule has 0 radical (unpaired) electrons. The summed E-state index contributed by atoms with van der Waals surface area (Å²) in [5.41, 5.74) is 7.93. The van der Waals surface area contributed by atoms with Gasteiger partial charge < -0.3 is 15.4 Å². The largest absolute Gasteiger partial charge is 0.464 e. The van der Waals surface area contributed by atoms with Gasteiger partial charge in [-0.25, -0.2) is 9.78 Å². The third kappa shape index (κ3) is 2.68. The van der Waals surface area contributed by atoms with E-state index in [4.69, 9.17) is 10.5 Å². The van der Waals surface area contributed by atoms with Crippen molar-refractivity contribution in [2.75, 3.05) is 31.8 Å². The fourth-order valence-corrected chi connectivity index (χ4v) is 2.50. The molecule has 2 N–H and O–H groups in total. The minimum atomic E-state index is -0.473. The first-order valence-electron chi connectivity index (χ1n) is 5.65. The SMILES string of the molecule is COC(=O)c1nc(N)sc1-c1ccc(N(C)C)cc1. The second-order valence-electron chi connectivity index (χ2n) is 4.16. The van der Waals surface area contributed by atoms with Crippen LogP contribution in [0.4, 0.5) is 10.8 Å². The molecule has 1 aromatic heterocycles. The van der Waals surface area contributed by atoms with E-state index >= 15 is 0 Å². The molecule has 5 nitrogen and oxygen atoms in total. The number of esters is 1. The number of methoxy groups -OCH3 is 1. The zero-order valence-electron chi connectivity index (χ0n) is 11.0. The van der Waals surface area contributed by atoms with Crippen LogP contribution in [0.25, 0.3) is 10.4 Å². The van der Waals surface area contributed by atoms with Gasteiger partial charge in [-0.3, -0.25) is 0 Å². The van der Waals surface area contributed by atoms with Crippen LogP contribution in [0.15, 0.2) is 24.3 Å². The first-order chi connectivity index (χ1) is 9.02. The summed E-state index contributed by atoms with van der Waals surface area (Å²) in [5, 5.41) is 0.354. The molecular formula is C13H15N3O2S. The first-order valence-corrected chi connectivity index (χ1v) is 6.47. The van der Waals surface area contributed by atoms with Gasteiger partial charge in [0.25, 0.3) is 0 Å². The number of nitrogen functional groups attached to an aromatic ring is 1. The lowest BCUT2D eigenvalue weighted by atomic mass is 10.1. The Morgan fingerprint density at radius 3 is 2.47 bits per heavy atom. The van der Waals surface area contributed by atoms with E-state index in [9.17, 15) is 4.79 Å². The maximum absolute atomic E-state index is 11.7. The highest BCUT2D eigenvalue weighted by Crippen LogP contribution is 2.33. The van der Waals surface area contributed by atoms with Gasteiger partial charge in [-0.1, -0.05) is 23.5 Å². The summed E-state index contributed by atoms with van der Waals surface area (Å²) >= 11 is 1.28. The highest BCUT2D eigenvalue weighted by atomic mass is 32.1. The van der Waals surface area contributed by atoms with Crippen molar-refractivity contribution in [2.45, 2.75) is 0 Å². The molecule has 0 unspecified atom stereocenters. The number of anilines is 2. The molecule has 1 aromatic carbocycles. The smallest absolute Gasteiger partial charge is 0.358 e. The Morgan fingerprint density at radius 2 is 1.95 bits per heavy atom. The molecule has 0 aliphatic heterocycles. The molecule has 0 saturated carbocycles. The quantitative estimate of drug-likeness (QED) is 0.871. The Bertz CT molecular complexity index is 590. The minimum absolute atomic E-state index is 0.266. The van der Waals surface area contributed by atoms with Crippen LogP contribution in [0.1, 0.15) is 10.5 Å². The minimum Gasteiger partial charge on any atom is -0.464 e. The Balaban J connectivity index is 2.44. The molecule has 1 heterocycles. The van der Waals surface area contributed by atoms with E-state index in [1.807, 2.05) is 43.3 Å². The van der Waals surface area contributed by atoms with Crippen LogP contribution in [0, 0.1) is 0 Å². The summed E-state index contributed by atoms with van der Waals surface area (Å²) in [6.07, 6.45) is 0. The van der Waals surface area contributed by atoms with Crippen LogP contribution in [0.2, 0.25) is 0 Å². The highest BCUT2D eigenvalue weighted by Gasteiger charge is 2.19. The second kappa shape index (κ2) is 5.27. The summed E-state index contributed by atoms with van der Waals surface area (Å²) in [6.45, 7) is 0. The maximum atomic E-state index is 11.7. The number of carbonyl (C=O) groups is 1. The average molecular weight is 277 g/mol. The van der Waals surface area contributed by atoms with Gasteiger partial charge >= 0.3 is 5.97 Å². The van der Waals surface area contributed by atoms with Crippen molar-refractivity contribution in [1.82, 2.24) is 4.98 Å². The molecule has 0 saturated heterocycles. The summed E-state index contributed by atoms with van der Waals surface area (Å²) in [4.78, 5) is 18.4. The molecule has 2 aromatic rings. The number of nitrogens with zero attached hydrogens (tertiary/aromatic N) is 2. The van der Waals surface area contributed by atoms with Gasteiger partial charge in [0.1, 0.15) is 0 Å². The Hall–Kier alpha value is -2.08. The number of thiazole rings is 1. The van der Waals surface area contributed by atoms with Crippen molar-refractivity contribution in [2.24, 2.45) is 0 Å². The zero-order chi connectivity index (χ0) is 14.0. The van der Waals surface area contributed by atoms with Crippen LogP contribution >= 0.6 is 11.3 Å². The zero-order valence-corrected chi connectivity index (χ0v) is 11.8. The van der Waals surface area contributed by atoms with Gasteiger partial charge in [-0.05, 0) is 17.7 Å². The fraction of sp³-hybridized carbons (Fsp3) is 0.231. The van der Waals surface area contributed by atoms with Crippen LogP contribution in [0.3, 0.4) is 0 Å². The van der Waals surface area contributed by atoms with Gasteiger partial charge in [0.2, 0.25) is 0 Å². The van der Waals surface area contributed by atoms with E-state index in [2.05, 4.69) is 4.98 Å². The third-order valence-electron chi connectivity index (χ3n) is 2.67. The Morgan fingerprint density at radius 1 is 1.32 bits per heavy atom. The normalized spacial score (nSPS) is 10.3. The molecule has 2 rings (SSSR count). The van der Waals surface area contributed by atoms with Crippen molar-refractivity contribution < 1.29 is 9.53 Å². The van der Waals surface area contributed by atoms with Crippen LogP contribution in [-0.4, -0.2) is 32.2 Å². The molecular weight excluding hydrogens is 262 g/mol. The second-order valence-corrected chi connectivity index (χ2v) is 5.19. The first kappa shape index (κ1) is 13.4. The Labute approximate surface area is 115 Å². The van der Waals surface area contributed by atoms with Crippen molar-refractivity contribution >= 4 is 28.1 Å². The predicted molar refractivity (Wildman–Crippen MR) is 77.6 cm³/mol. The van der Waals surface area contributed by atoms with Crippen LogP contribution in [-0.2, 0) is 4.74 Å². The van der Waals surface area contributed by atoms with Crippen molar-refractivity contribution in [1.29, 1.82) is 0 Å². The lowest BCUT2D eigenvalue weighted by Crippen LogP contribution is -2.08. The van der Waals surface area contributed by atoms with Gasteiger partial charge in [-0.15, -0.1) is 0 Å². The molecule has 0 aliphatic rings. The van der Waals surface area contributed by atoms with Crippen LogP contribution < -0.4 is 10.6 Å². The third-order valence-corrected chi connectivity index (χ3v) is 3.60. The number of hydrogen-bond acceptors (Lipinski definition) is 6. The molecule has 0 spiro atoms. The average Bonchev–Trinajstić information content (AvgIpc) is 2.80. The molecule has 0 bridgehead atoms. The molecule has 6 heteroatoms. The van der Waals surface area contributed by atoms with E-state index in [1.54, 1.807) is 0 Å². The molecule has 0 atom stereocenters. The topological polar surface area (TPSA) is 68.4 Å². The van der Waals surface area contributed by atoms with Gasteiger partial charge in [-0.2, -0.15) is 0 Å². The van der Waals surface area contributed by atoms with E-state index < -0.39 is 5.97 Å². The number of benzene rings is 1. The number of hydrogen-bond donors (Lipinski definition) is 1. The lowest BCUT2D eigenvalue weighted by molar-refractivity contribution is 0.0596. The number of aromatic nitrogens is 1. The predicted octanol–water partition coefficient (Wildman–Crippen LogP) is 2.24. The fourth-order valence-electron chi connectivity index (χ4n) is 1.68. The van der Waals surface area contributed by atoms with E-state index in [-0.39, 0.29) is 5.69 Å².